The molecule has 1 rings (SSSR count). The molecule has 5 heteroatoms. The number of hydrogen-bond donors (Lipinski definition) is 2. The number of hydrogen-bond acceptors (Lipinski definition) is 4. The summed E-state index contributed by atoms with van der Waals surface area (Å²) < 4.78 is 6.20. The minimum atomic E-state index is -1.47. The Morgan fingerprint density at radius 3 is 2.37 bits per heavy atom. The van der Waals surface area contributed by atoms with Crippen molar-refractivity contribution >= 4 is 21.9 Å². The first-order valence-corrected chi connectivity index (χ1v) is 6.96. The van der Waals surface area contributed by atoms with Crippen molar-refractivity contribution in [1.29, 1.82) is 0 Å². The zero-order valence-electron chi connectivity index (χ0n) is 11.6. The number of nitrogens with two attached hydrogens (primary N) is 2. The molecule has 0 saturated heterocycles. The maximum absolute atomic E-state index is 11.9. The minimum absolute atomic E-state index is 0.324. The molecule has 0 saturated carbocycles. The first-order valence-electron chi connectivity index (χ1n) is 6.16. The third-order valence-corrected chi connectivity index (χ3v) is 3.32. The molecular weight excluding hydrogens is 308 g/mol. The highest BCUT2D eigenvalue weighted by Gasteiger charge is 2.33. The summed E-state index contributed by atoms with van der Waals surface area (Å²) in [6.07, 6.45) is 0.929. The zero-order chi connectivity index (χ0) is 14.7. The largest absolute Gasteiger partial charge is 0.458 e. The van der Waals surface area contributed by atoms with Crippen LogP contribution in [0.2, 0.25) is 0 Å². The molecule has 0 amide bonds. The van der Waals surface area contributed by atoms with Crippen molar-refractivity contribution in [3.63, 3.8) is 0 Å². The molecule has 0 atom stereocenters. The molecule has 106 valence electrons. The lowest BCUT2D eigenvalue weighted by Gasteiger charge is -2.28. The monoisotopic (exact) mass is 328 g/mol. The number of carbonyl (C=O) groups is 1. The fourth-order valence-corrected chi connectivity index (χ4v) is 2.00. The second-order valence-electron chi connectivity index (χ2n) is 5.63. The van der Waals surface area contributed by atoms with Gasteiger partial charge in [-0.15, -0.1) is 0 Å². The molecule has 0 aliphatic heterocycles. The maximum Gasteiger partial charge on any atom is 0.341 e. The first-order chi connectivity index (χ1) is 8.62. The number of esters is 1. The van der Waals surface area contributed by atoms with Gasteiger partial charge in [0.05, 0.1) is 0 Å². The van der Waals surface area contributed by atoms with Gasteiger partial charge < -0.3 is 16.2 Å². The maximum atomic E-state index is 11.9. The Kier molecular flexibility index (Phi) is 5.12. The van der Waals surface area contributed by atoms with Gasteiger partial charge in [0.15, 0.2) is 5.66 Å². The quantitative estimate of drug-likeness (QED) is 0.656. The van der Waals surface area contributed by atoms with E-state index in [2.05, 4.69) is 15.9 Å². The smallest absolute Gasteiger partial charge is 0.341 e. The van der Waals surface area contributed by atoms with Crippen molar-refractivity contribution in [2.75, 3.05) is 0 Å². The summed E-state index contributed by atoms with van der Waals surface area (Å²) in [5, 5.41) is 0. The van der Waals surface area contributed by atoms with Crippen LogP contribution in [-0.4, -0.2) is 17.2 Å². The molecular formula is C14H21BrN2O2. The van der Waals surface area contributed by atoms with Crippen molar-refractivity contribution in [3.8, 4) is 0 Å². The molecule has 4 nitrogen and oxygen atoms in total. The number of aryl methyl sites for hydroxylation is 1. The van der Waals surface area contributed by atoms with Crippen LogP contribution in [0.15, 0.2) is 28.7 Å². The van der Waals surface area contributed by atoms with Gasteiger partial charge in [-0.2, -0.15) is 0 Å². The molecule has 0 aromatic heterocycles. The Balaban J connectivity index is 2.65. The van der Waals surface area contributed by atoms with Crippen LogP contribution in [0.25, 0.3) is 0 Å². The Hall–Kier alpha value is -0.910. The molecule has 4 N–H and O–H groups in total. The van der Waals surface area contributed by atoms with Crippen LogP contribution >= 0.6 is 15.9 Å². The van der Waals surface area contributed by atoms with Gasteiger partial charge in [0, 0.05) is 4.47 Å². The number of halogens is 1. The predicted molar refractivity (Wildman–Crippen MR) is 79.4 cm³/mol. The second kappa shape index (κ2) is 6.03. The lowest BCUT2D eigenvalue weighted by molar-refractivity contribution is -0.161. The zero-order valence-corrected chi connectivity index (χ0v) is 13.2. The van der Waals surface area contributed by atoms with Gasteiger partial charge in [-0.3, -0.25) is 0 Å². The molecule has 0 radical (unpaired) electrons. The molecule has 0 fully saturated rings. The van der Waals surface area contributed by atoms with Crippen molar-refractivity contribution in [2.45, 2.75) is 44.9 Å². The van der Waals surface area contributed by atoms with E-state index < -0.39 is 17.2 Å². The third-order valence-electron chi connectivity index (χ3n) is 2.54. The van der Waals surface area contributed by atoms with Crippen LogP contribution in [0.4, 0.5) is 0 Å². The molecule has 0 bridgehead atoms. The average Bonchev–Trinajstić information content (AvgIpc) is 2.25. The van der Waals surface area contributed by atoms with E-state index in [1.807, 2.05) is 24.3 Å². The SMILES string of the molecule is CC(C)(C)OC(=O)C(N)(N)CCc1ccccc1Br. The number of carbonyl (C=O) groups excluding carboxylic acids is 1. The van der Waals surface area contributed by atoms with Gasteiger partial charge in [-0.1, -0.05) is 34.1 Å². The van der Waals surface area contributed by atoms with Crippen molar-refractivity contribution in [1.82, 2.24) is 0 Å². The summed E-state index contributed by atoms with van der Waals surface area (Å²) in [5.41, 5.74) is 10.7. The van der Waals surface area contributed by atoms with Crippen molar-refractivity contribution in [2.24, 2.45) is 11.5 Å². The Morgan fingerprint density at radius 1 is 1.26 bits per heavy atom. The topological polar surface area (TPSA) is 78.3 Å². The Labute approximate surface area is 122 Å². The average molecular weight is 329 g/mol. The van der Waals surface area contributed by atoms with Crippen LogP contribution in [0.3, 0.4) is 0 Å². The predicted octanol–water partition coefficient (Wildman–Crippen LogP) is 2.34. The van der Waals surface area contributed by atoms with E-state index in [1.54, 1.807) is 20.8 Å². The second-order valence-corrected chi connectivity index (χ2v) is 6.49. The highest BCUT2D eigenvalue weighted by atomic mass is 79.9. The molecule has 19 heavy (non-hydrogen) atoms. The van der Waals surface area contributed by atoms with Crippen LogP contribution < -0.4 is 11.5 Å². The van der Waals surface area contributed by atoms with Crippen molar-refractivity contribution in [3.05, 3.63) is 34.3 Å². The minimum Gasteiger partial charge on any atom is -0.458 e. The summed E-state index contributed by atoms with van der Waals surface area (Å²) in [6, 6.07) is 7.77. The molecule has 0 unspecified atom stereocenters. The normalized spacial score (nSPS) is 12.3. The van der Waals surface area contributed by atoms with E-state index in [1.165, 1.54) is 0 Å². The van der Waals surface area contributed by atoms with E-state index >= 15 is 0 Å². The molecule has 1 aromatic carbocycles. The molecule has 1 aromatic rings. The van der Waals surface area contributed by atoms with Gasteiger partial charge >= 0.3 is 5.97 Å². The summed E-state index contributed by atoms with van der Waals surface area (Å²) in [6.45, 7) is 5.36. The Bertz CT molecular complexity index is 453. The van der Waals surface area contributed by atoms with Gasteiger partial charge in [0.25, 0.3) is 0 Å². The van der Waals surface area contributed by atoms with Crippen LogP contribution in [0, 0.1) is 0 Å². The molecule has 0 heterocycles. The summed E-state index contributed by atoms with van der Waals surface area (Å²) >= 11 is 3.45. The fraction of sp³-hybridized carbons (Fsp3) is 0.500. The highest BCUT2D eigenvalue weighted by Crippen LogP contribution is 2.20. The number of benzene rings is 1. The number of rotatable bonds is 4. The molecule has 0 spiro atoms. The van der Waals surface area contributed by atoms with E-state index in [9.17, 15) is 4.79 Å². The van der Waals surface area contributed by atoms with E-state index in [4.69, 9.17) is 16.2 Å². The molecule has 0 aliphatic carbocycles. The Morgan fingerprint density at radius 2 is 1.84 bits per heavy atom. The van der Waals surface area contributed by atoms with Crippen LogP contribution in [-0.2, 0) is 16.0 Å². The third kappa shape index (κ3) is 5.30. The lowest BCUT2D eigenvalue weighted by atomic mass is 10.0. The standard InChI is InChI=1S/C14H21BrN2O2/c1-13(2,3)19-12(18)14(16,17)9-8-10-6-4-5-7-11(10)15/h4-7H,8-9,16-17H2,1-3H3. The van der Waals surface area contributed by atoms with Crippen LogP contribution in [0.5, 0.6) is 0 Å². The molecule has 0 aliphatic rings. The van der Waals surface area contributed by atoms with Gasteiger partial charge in [-0.05, 0) is 45.2 Å². The number of ether oxygens (including phenoxy) is 1. The van der Waals surface area contributed by atoms with E-state index in [-0.39, 0.29) is 0 Å². The van der Waals surface area contributed by atoms with Gasteiger partial charge in [-0.25, -0.2) is 4.79 Å². The van der Waals surface area contributed by atoms with Gasteiger partial charge in [0.1, 0.15) is 5.60 Å². The summed E-state index contributed by atoms with van der Waals surface area (Å²) in [5.74, 6) is -0.577. The fourth-order valence-electron chi connectivity index (χ4n) is 1.52. The summed E-state index contributed by atoms with van der Waals surface area (Å²) in [4.78, 5) is 11.9. The van der Waals surface area contributed by atoms with E-state index in [0.29, 0.717) is 12.8 Å². The van der Waals surface area contributed by atoms with Crippen molar-refractivity contribution < 1.29 is 9.53 Å². The van der Waals surface area contributed by atoms with E-state index in [0.717, 1.165) is 10.0 Å². The van der Waals surface area contributed by atoms with Crippen LogP contribution in [0.1, 0.15) is 32.8 Å². The first kappa shape index (κ1) is 16.1. The highest BCUT2D eigenvalue weighted by molar-refractivity contribution is 9.10. The lowest BCUT2D eigenvalue weighted by Crippen LogP contribution is -2.58. The van der Waals surface area contributed by atoms with Gasteiger partial charge in [0.2, 0.25) is 0 Å². The summed E-state index contributed by atoms with van der Waals surface area (Å²) in [7, 11) is 0.